The number of rotatable bonds is 5. The topological polar surface area (TPSA) is 149 Å². The normalized spacial score (nSPS) is 14.4. The van der Waals surface area contributed by atoms with E-state index in [0.29, 0.717) is 31.5 Å². The monoisotopic (exact) mass is 437 g/mol. The minimum atomic E-state index is -0.756. The van der Waals surface area contributed by atoms with Gasteiger partial charge in [-0.15, -0.1) is 0 Å². The lowest BCUT2D eigenvalue weighted by Crippen LogP contribution is -2.37. The number of hydrogen-bond donors (Lipinski definition) is 2. The van der Waals surface area contributed by atoms with Crippen molar-refractivity contribution in [2.24, 2.45) is 5.73 Å². The van der Waals surface area contributed by atoms with Crippen molar-refractivity contribution in [1.82, 2.24) is 24.6 Å². The Labute approximate surface area is 183 Å². The molecule has 11 nitrogen and oxygen atoms in total. The van der Waals surface area contributed by atoms with Crippen LogP contribution in [-0.2, 0) is 4.79 Å². The van der Waals surface area contributed by atoms with Gasteiger partial charge in [0.05, 0.1) is 11.7 Å². The Kier molecular flexibility index (Phi) is 5.71. The summed E-state index contributed by atoms with van der Waals surface area (Å²) in [6.45, 7) is 4.58. The molecule has 11 heteroatoms. The standard InChI is InChI=1S/C21H23N7O4/c1-12-9-14(3-6-23-12)21-25-17(11-32-21)20(31)24-16-10-28(26-18(16)19(22)30)15-4-7-27(8-5-15)13(2)29/h3,6,9-11,15H,4-5,7-8H2,1-2H3,(H2,22,30)(H,24,31). The SMILES string of the molecule is CC(=O)N1CCC(n2cc(NC(=O)c3coc(-c4ccnc(C)c4)n3)c(C(N)=O)n2)CC1. The third kappa shape index (κ3) is 4.36. The van der Waals surface area contributed by atoms with Crippen LogP contribution in [0.1, 0.15) is 52.5 Å². The summed E-state index contributed by atoms with van der Waals surface area (Å²) >= 11 is 0. The fourth-order valence-corrected chi connectivity index (χ4v) is 3.67. The highest BCUT2D eigenvalue weighted by Crippen LogP contribution is 2.26. The van der Waals surface area contributed by atoms with Gasteiger partial charge in [0.15, 0.2) is 11.4 Å². The van der Waals surface area contributed by atoms with Crippen molar-refractivity contribution in [1.29, 1.82) is 0 Å². The van der Waals surface area contributed by atoms with Crippen LogP contribution < -0.4 is 11.1 Å². The van der Waals surface area contributed by atoms with Gasteiger partial charge in [-0.1, -0.05) is 0 Å². The number of nitrogens with zero attached hydrogens (tertiary/aromatic N) is 5. The summed E-state index contributed by atoms with van der Waals surface area (Å²) in [6.07, 6.45) is 5.82. The number of aryl methyl sites for hydroxylation is 1. The zero-order valence-electron chi connectivity index (χ0n) is 17.7. The first-order chi connectivity index (χ1) is 15.3. The van der Waals surface area contributed by atoms with Gasteiger partial charge in [-0.05, 0) is 31.9 Å². The second kappa shape index (κ2) is 8.61. The number of aromatic nitrogens is 4. The summed E-state index contributed by atoms with van der Waals surface area (Å²) in [5, 5.41) is 6.93. The van der Waals surface area contributed by atoms with Crippen molar-refractivity contribution in [3.8, 4) is 11.5 Å². The minimum Gasteiger partial charge on any atom is -0.444 e. The highest BCUT2D eigenvalue weighted by atomic mass is 16.3. The van der Waals surface area contributed by atoms with Crippen LogP contribution in [0.25, 0.3) is 11.5 Å². The molecule has 3 N–H and O–H groups in total. The molecular weight excluding hydrogens is 414 g/mol. The summed E-state index contributed by atoms with van der Waals surface area (Å²) in [5.41, 5.74) is 7.16. The molecule has 0 atom stereocenters. The maximum atomic E-state index is 12.7. The molecule has 0 aromatic carbocycles. The van der Waals surface area contributed by atoms with E-state index in [1.54, 1.807) is 34.1 Å². The van der Waals surface area contributed by atoms with E-state index in [1.807, 2.05) is 6.92 Å². The molecule has 1 fully saturated rings. The molecule has 0 saturated carbocycles. The van der Waals surface area contributed by atoms with Crippen molar-refractivity contribution in [2.45, 2.75) is 32.7 Å². The summed E-state index contributed by atoms with van der Waals surface area (Å²) in [7, 11) is 0. The fourth-order valence-electron chi connectivity index (χ4n) is 3.67. The number of hydrogen-bond acceptors (Lipinski definition) is 7. The molecule has 1 aliphatic rings. The molecule has 32 heavy (non-hydrogen) atoms. The summed E-state index contributed by atoms with van der Waals surface area (Å²) in [5.74, 6) is -1.00. The molecule has 3 aromatic rings. The number of carbonyl (C=O) groups excluding carboxylic acids is 3. The van der Waals surface area contributed by atoms with Crippen molar-refractivity contribution in [2.75, 3.05) is 18.4 Å². The van der Waals surface area contributed by atoms with Crippen LogP contribution in [0.4, 0.5) is 5.69 Å². The second-order valence-electron chi connectivity index (χ2n) is 7.65. The predicted molar refractivity (Wildman–Crippen MR) is 114 cm³/mol. The number of pyridine rings is 1. The van der Waals surface area contributed by atoms with E-state index in [9.17, 15) is 14.4 Å². The summed E-state index contributed by atoms with van der Waals surface area (Å²) in [6, 6.07) is 3.51. The van der Waals surface area contributed by atoms with Crippen molar-refractivity contribution < 1.29 is 18.8 Å². The molecule has 4 heterocycles. The Hall–Kier alpha value is -4.02. The van der Waals surface area contributed by atoms with Crippen molar-refractivity contribution >= 4 is 23.4 Å². The Morgan fingerprint density at radius 1 is 1.25 bits per heavy atom. The van der Waals surface area contributed by atoms with Crippen LogP contribution in [0.3, 0.4) is 0 Å². The Balaban J connectivity index is 1.51. The van der Waals surface area contributed by atoms with Crippen molar-refractivity contribution in [3.63, 3.8) is 0 Å². The molecule has 1 saturated heterocycles. The highest BCUT2D eigenvalue weighted by molar-refractivity contribution is 6.07. The van der Waals surface area contributed by atoms with E-state index in [-0.39, 0.29) is 34.9 Å². The number of piperidine rings is 1. The van der Waals surface area contributed by atoms with Gasteiger partial charge in [0, 0.05) is 43.7 Å². The number of nitrogens with one attached hydrogen (secondary N) is 1. The number of carbonyl (C=O) groups is 3. The van der Waals surface area contributed by atoms with Gasteiger partial charge < -0.3 is 20.4 Å². The van der Waals surface area contributed by atoms with E-state index < -0.39 is 11.8 Å². The predicted octanol–water partition coefficient (Wildman–Crippen LogP) is 1.78. The zero-order valence-corrected chi connectivity index (χ0v) is 17.7. The van der Waals surface area contributed by atoms with Gasteiger partial charge >= 0.3 is 0 Å². The van der Waals surface area contributed by atoms with Gasteiger partial charge in [-0.25, -0.2) is 4.98 Å². The third-order valence-corrected chi connectivity index (χ3v) is 5.38. The van der Waals surface area contributed by atoms with Crippen LogP contribution in [-0.4, -0.2) is 55.5 Å². The van der Waals surface area contributed by atoms with Gasteiger partial charge in [0.2, 0.25) is 11.8 Å². The third-order valence-electron chi connectivity index (χ3n) is 5.38. The average molecular weight is 437 g/mol. The molecule has 0 aliphatic carbocycles. The van der Waals surface area contributed by atoms with E-state index in [1.165, 1.54) is 13.2 Å². The van der Waals surface area contributed by atoms with Crippen LogP contribution in [0, 0.1) is 6.92 Å². The lowest BCUT2D eigenvalue weighted by atomic mass is 10.1. The van der Waals surface area contributed by atoms with Gasteiger partial charge in [-0.2, -0.15) is 5.10 Å². The number of oxazole rings is 1. The fraction of sp³-hybridized carbons (Fsp3) is 0.333. The highest BCUT2D eigenvalue weighted by Gasteiger charge is 2.26. The number of nitrogens with two attached hydrogens (primary N) is 1. The summed E-state index contributed by atoms with van der Waals surface area (Å²) in [4.78, 5) is 46.3. The summed E-state index contributed by atoms with van der Waals surface area (Å²) < 4.78 is 7.05. The van der Waals surface area contributed by atoms with Gasteiger partial charge in [0.1, 0.15) is 6.26 Å². The van der Waals surface area contributed by atoms with E-state index in [2.05, 4.69) is 20.4 Å². The number of anilines is 1. The Morgan fingerprint density at radius 2 is 2.00 bits per heavy atom. The maximum absolute atomic E-state index is 12.7. The molecule has 0 spiro atoms. The first-order valence-electron chi connectivity index (χ1n) is 10.2. The largest absolute Gasteiger partial charge is 0.444 e. The number of primary amides is 1. The molecule has 3 amide bonds. The Bertz CT molecular complexity index is 1170. The molecule has 0 bridgehead atoms. The molecule has 166 valence electrons. The number of likely N-dealkylation sites (tertiary alicyclic amines) is 1. The van der Waals surface area contributed by atoms with Crippen molar-refractivity contribution in [3.05, 3.63) is 47.9 Å². The van der Waals surface area contributed by atoms with Crippen LogP contribution in [0.2, 0.25) is 0 Å². The zero-order chi connectivity index (χ0) is 22.8. The minimum absolute atomic E-state index is 0.0112. The number of amides is 3. The average Bonchev–Trinajstić information content (AvgIpc) is 3.42. The molecule has 0 unspecified atom stereocenters. The van der Waals surface area contributed by atoms with Gasteiger partial charge in [0.25, 0.3) is 11.8 Å². The molecule has 0 radical (unpaired) electrons. The van der Waals surface area contributed by atoms with Crippen LogP contribution in [0.15, 0.2) is 35.2 Å². The molecule has 3 aromatic heterocycles. The lowest BCUT2D eigenvalue weighted by Gasteiger charge is -2.31. The van der Waals surface area contributed by atoms with E-state index in [4.69, 9.17) is 10.2 Å². The first-order valence-corrected chi connectivity index (χ1v) is 10.2. The second-order valence-corrected chi connectivity index (χ2v) is 7.65. The van der Waals surface area contributed by atoms with Crippen LogP contribution in [0.5, 0.6) is 0 Å². The molecule has 1 aliphatic heterocycles. The van der Waals surface area contributed by atoms with E-state index >= 15 is 0 Å². The maximum Gasteiger partial charge on any atom is 0.277 e. The lowest BCUT2D eigenvalue weighted by molar-refractivity contribution is -0.130. The Morgan fingerprint density at radius 3 is 2.66 bits per heavy atom. The smallest absolute Gasteiger partial charge is 0.277 e. The molecule has 4 rings (SSSR count). The first kappa shape index (κ1) is 21.2. The van der Waals surface area contributed by atoms with E-state index in [0.717, 1.165) is 5.69 Å². The quantitative estimate of drug-likeness (QED) is 0.618. The van der Waals surface area contributed by atoms with Crippen LogP contribution >= 0.6 is 0 Å². The molecular formula is C21H23N7O4. The van der Waals surface area contributed by atoms with Gasteiger partial charge in [-0.3, -0.25) is 24.0 Å².